The zero-order chi connectivity index (χ0) is 9.26. The number of nitrogens with zero attached hydrogens (tertiary/aromatic N) is 1. The van der Waals surface area contributed by atoms with Crippen molar-refractivity contribution in [2.75, 3.05) is 0 Å². The van der Waals surface area contributed by atoms with Crippen molar-refractivity contribution >= 4 is 23.5 Å². The van der Waals surface area contributed by atoms with Crippen molar-refractivity contribution in [1.82, 2.24) is 0 Å². The molecule has 0 fully saturated rings. The molecule has 0 N–H and O–H groups in total. The summed E-state index contributed by atoms with van der Waals surface area (Å²) in [5.74, 6) is 0. The summed E-state index contributed by atoms with van der Waals surface area (Å²) in [7, 11) is 0. The number of benzene rings is 1. The average Bonchev–Trinajstić information content (AvgIpc) is 2.17. The Morgan fingerprint density at radius 2 is 1.92 bits per heavy atom. The molecule has 66 valence electrons. The van der Waals surface area contributed by atoms with Gasteiger partial charge in [0, 0.05) is 9.79 Å². The SMILES string of the molecule is O=[N+]([O-])C1=CSc2ccccc2S1. The number of hydrogen-bond acceptors (Lipinski definition) is 4. The van der Waals surface area contributed by atoms with E-state index in [2.05, 4.69) is 0 Å². The lowest BCUT2D eigenvalue weighted by Crippen LogP contribution is -1.96. The van der Waals surface area contributed by atoms with Gasteiger partial charge in [0.2, 0.25) is 0 Å². The Bertz CT molecular complexity index is 389. The van der Waals surface area contributed by atoms with Crippen LogP contribution in [-0.2, 0) is 0 Å². The largest absolute Gasteiger partial charge is 0.314 e. The highest BCUT2D eigenvalue weighted by Crippen LogP contribution is 2.41. The van der Waals surface area contributed by atoms with Crippen molar-refractivity contribution in [1.29, 1.82) is 0 Å². The molecule has 0 spiro atoms. The highest BCUT2D eigenvalue weighted by atomic mass is 32.2. The standard InChI is InChI=1S/C8H5NO2S2/c10-9(11)8-5-12-6-3-1-2-4-7(6)13-8/h1-5H. The zero-order valence-electron chi connectivity index (χ0n) is 6.47. The van der Waals surface area contributed by atoms with Gasteiger partial charge in [0.05, 0.1) is 10.3 Å². The van der Waals surface area contributed by atoms with Gasteiger partial charge in [-0.15, -0.1) is 0 Å². The number of fused-ring (bicyclic) bond motifs is 1. The second-order valence-electron chi connectivity index (χ2n) is 2.38. The topological polar surface area (TPSA) is 43.1 Å². The molecule has 1 heterocycles. The van der Waals surface area contributed by atoms with Crippen LogP contribution in [-0.4, -0.2) is 4.92 Å². The van der Waals surface area contributed by atoms with Crippen LogP contribution in [0, 0.1) is 10.1 Å². The van der Waals surface area contributed by atoms with Gasteiger partial charge in [-0.2, -0.15) is 0 Å². The molecule has 3 nitrogen and oxygen atoms in total. The van der Waals surface area contributed by atoms with Crippen LogP contribution < -0.4 is 0 Å². The molecular formula is C8H5NO2S2. The van der Waals surface area contributed by atoms with Gasteiger partial charge >= 0.3 is 5.03 Å². The Morgan fingerprint density at radius 1 is 1.23 bits per heavy atom. The first-order valence-electron chi connectivity index (χ1n) is 3.55. The summed E-state index contributed by atoms with van der Waals surface area (Å²) in [6.45, 7) is 0. The highest BCUT2D eigenvalue weighted by molar-refractivity contribution is 8.08. The molecule has 0 atom stereocenters. The number of rotatable bonds is 1. The summed E-state index contributed by atoms with van der Waals surface area (Å²) in [5, 5.41) is 12.2. The molecule has 0 amide bonds. The molecule has 0 aliphatic carbocycles. The van der Waals surface area contributed by atoms with E-state index in [1.165, 1.54) is 23.5 Å². The van der Waals surface area contributed by atoms with E-state index in [9.17, 15) is 10.1 Å². The van der Waals surface area contributed by atoms with Crippen molar-refractivity contribution in [3.63, 3.8) is 0 Å². The summed E-state index contributed by atoms with van der Waals surface area (Å²) in [5.41, 5.74) is 0. The molecule has 1 aromatic carbocycles. The van der Waals surface area contributed by atoms with E-state index in [1.54, 1.807) is 5.41 Å². The third-order valence-electron chi connectivity index (χ3n) is 1.53. The summed E-state index contributed by atoms with van der Waals surface area (Å²) < 4.78 is 0. The summed E-state index contributed by atoms with van der Waals surface area (Å²) >= 11 is 2.61. The summed E-state index contributed by atoms with van der Waals surface area (Å²) in [6.07, 6.45) is 0. The maximum absolute atomic E-state index is 10.5. The van der Waals surface area contributed by atoms with E-state index < -0.39 is 0 Å². The molecular weight excluding hydrogens is 206 g/mol. The Kier molecular flexibility index (Phi) is 2.28. The monoisotopic (exact) mass is 211 g/mol. The fourth-order valence-electron chi connectivity index (χ4n) is 0.963. The maximum Gasteiger partial charge on any atom is 0.314 e. The van der Waals surface area contributed by atoms with Gasteiger partial charge in [-0.1, -0.05) is 23.9 Å². The molecule has 0 bridgehead atoms. The van der Waals surface area contributed by atoms with Gasteiger partial charge in [0.1, 0.15) is 0 Å². The molecule has 2 rings (SSSR count). The molecule has 0 saturated heterocycles. The van der Waals surface area contributed by atoms with Crippen LogP contribution >= 0.6 is 23.5 Å². The van der Waals surface area contributed by atoms with Gasteiger partial charge in [-0.25, -0.2) is 0 Å². The molecule has 13 heavy (non-hydrogen) atoms. The molecule has 5 heteroatoms. The molecule has 0 unspecified atom stereocenters. The van der Waals surface area contributed by atoms with Crippen molar-refractivity contribution in [3.8, 4) is 0 Å². The van der Waals surface area contributed by atoms with Crippen LogP contribution in [0.5, 0.6) is 0 Å². The first kappa shape index (κ1) is 8.65. The lowest BCUT2D eigenvalue weighted by molar-refractivity contribution is -0.410. The summed E-state index contributed by atoms with van der Waals surface area (Å²) in [4.78, 5) is 12.2. The van der Waals surface area contributed by atoms with E-state index in [4.69, 9.17) is 0 Å². The third kappa shape index (κ3) is 1.71. The lowest BCUT2D eigenvalue weighted by Gasteiger charge is -2.08. The molecule has 1 aromatic rings. The third-order valence-corrected chi connectivity index (χ3v) is 3.81. The second-order valence-corrected chi connectivity index (χ2v) is 4.35. The highest BCUT2D eigenvalue weighted by Gasteiger charge is 2.19. The van der Waals surface area contributed by atoms with Gasteiger partial charge < -0.3 is 0 Å². The molecule has 0 radical (unpaired) electrons. The fraction of sp³-hybridized carbons (Fsp3) is 0. The Morgan fingerprint density at radius 3 is 2.62 bits per heavy atom. The van der Waals surface area contributed by atoms with Crippen molar-refractivity contribution < 1.29 is 4.92 Å². The van der Waals surface area contributed by atoms with Crippen LogP contribution in [0.3, 0.4) is 0 Å². The van der Waals surface area contributed by atoms with E-state index in [0.29, 0.717) is 0 Å². The van der Waals surface area contributed by atoms with Crippen LogP contribution in [0.4, 0.5) is 0 Å². The molecule has 1 aliphatic rings. The maximum atomic E-state index is 10.5. The Labute approximate surface area is 83.4 Å². The van der Waals surface area contributed by atoms with E-state index in [-0.39, 0.29) is 9.95 Å². The first-order chi connectivity index (χ1) is 6.27. The predicted molar refractivity (Wildman–Crippen MR) is 53.2 cm³/mol. The van der Waals surface area contributed by atoms with Gasteiger partial charge in [0.25, 0.3) is 0 Å². The smallest absolute Gasteiger partial charge is 0.258 e. The van der Waals surface area contributed by atoms with Gasteiger partial charge in [-0.3, -0.25) is 10.1 Å². The lowest BCUT2D eigenvalue weighted by atomic mass is 10.4. The zero-order valence-corrected chi connectivity index (χ0v) is 8.10. The minimum Gasteiger partial charge on any atom is -0.258 e. The molecule has 0 saturated carbocycles. The van der Waals surface area contributed by atoms with Crippen molar-refractivity contribution in [2.24, 2.45) is 0 Å². The number of nitro groups is 1. The minimum atomic E-state index is -0.354. The first-order valence-corrected chi connectivity index (χ1v) is 5.25. The van der Waals surface area contributed by atoms with Gasteiger partial charge in [-0.05, 0) is 23.9 Å². The van der Waals surface area contributed by atoms with Crippen LogP contribution in [0.2, 0.25) is 0 Å². The average molecular weight is 211 g/mol. The number of thioether (sulfide) groups is 2. The molecule has 0 aromatic heterocycles. The van der Waals surface area contributed by atoms with Crippen LogP contribution in [0.25, 0.3) is 0 Å². The van der Waals surface area contributed by atoms with E-state index in [0.717, 1.165) is 9.79 Å². The van der Waals surface area contributed by atoms with E-state index >= 15 is 0 Å². The predicted octanol–water partition coefficient (Wildman–Crippen LogP) is 2.96. The Hall–Kier alpha value is -0.940. The van der Waals surface area contributed by atoms with Gasteiger partial charge in [0.15, 0.2) is 0 Å². The Balaban J connectivity index is 2.33. The normalized spacial score (nSPS) is 14.6. The van der Waals surface area contributed by atoms with E-state index in [1.807, 2.05) is 24.3 Å². The van der Waals surface area contributed by atoms with Crippen LogP contribution in [0.15, 0.2) is 44.5 Å². The van der Waals surface area contributed by atoms with Crippen LogP contribution in [0.1, 0.15) is 0 Å². The fourth-order valence-corrected chi connectivity index (χ4v) is 2.84. The molecule has 1 aliphatic heterocycles. The second kappa shape index (κ2) is 3.43. The quantitative estimate of drug-likeness (QED) is 0.529. The summed E-state index contributed by atoms with van der Waals surface area (Å²) in [6, 6.07) is 7.66. The van der Waals surface area contributed by atoms with Crippen molar-refractivity contribution in [3.05, 3.63) is 44.8 Å². The number of hydrogen-bond donors (Lipinski definition) is 0. The minimum absolute atomic E-state index is 0.198. The van der Waals surface area contributed by atoms with Crippen molar-refractivity contribution in [2.45, 2.75) is 9.79 Å².